The SMILES string of the molecule is CCc1ccc(C(CO)NC(=O)c2ccn3cncc3c2)cc1. The van der Waals surface area contributed by atoms with E-state index in [4.69, 9.17) is 0 Å². The minimum absolute atomic E-state index is 0.147. The highest BCUT2D eigenvalue weighted by Crippen LogP contribution is 2.15. The Hall–Kier alpha value is -2.66. The minimum atomic E-state index is -0.422. The second kappa shape index (κ2) is 6.62. The third kappa shape index (κ3) is 3.24. The highest BCUT2D eigenvalue weighted by atomic mass is 16.3. The number of amides is 1. The third-order valence-electron chi connectivity index (χ3n) is 3.95. The molecule has 1 unspecified atom stereocenters. The van der Waals surface area contributed by atoms with Crippen LogP contribution in [-0.2, 0) is 6.42 Å². The number of hydrogen-bond acceptors (Lipinski definition) is 3. The molecule has 5 heteroatoms. The van der Waals surface area contributed by atoms with Crippen molar-refractivity contribution < 1.29 is 9.90 Å². The van der Waals surface area contributed by atoms with E-state index in [9.17, 15) is 9.90 Å². The molecular weight excluding hydrogens is 290 g/mol. The van der Waals surface area contributed by atoms with Gasteiger partial charge in [-0.25, -0.2) is 4.98 Å². The molecule has 1 amide bonds. The van der Waals surface area contributed by atoms with Gasteiger partial charge in [-0.3, -0.25) is 4.79 Å². The first-order valence-electron chi connectivity index (χ1n) is 7.63. The number of imidazole rings is 1. The van der Waals surface area contributed by atoms with Crippen LogP contribution in [0.5, 0.6) is 0 Å². The van der Waals surface area contributed by atoms with Gasteiger partial charge in [-0.1, -0.05) is 31.2 Å². The van der Waals surface area contributed by atoms with Gasteiger partial charge in [-0.15, -0.1) is 0 Å². The molecule has 0 bridgehead atoms. The highest BCUT2D eigenvalue weighted by Gasteiger charge is 2.15. The first kappa shape index (κ1) is 15.2. The van der Waals surface area contributed by atoms with Gasteiger partial charge in [0.1, 0.15) is 0 Å². The lowest BCUT2D eigenvalue weighted by Crippen LogP contribution is -2.30. The summed E-state index contributed by atoms with van der Waals surface area (Å²) in [4.78, 5) is 16.5. The van der Waals surface area contributed by atoms with Crippen LogP contribution in [-0.4, -0.2) is 27.0 Å². The number of benzene rings is 1. The van der Waals surface area contributed by atoms with E-state index in [1.54, 1.807) is 30.9 Å². The van der Waals surface area contributed by atoms with Crippen molar-refractivity contribution in [1.29, 1.82) is 0 Å². The van der Waals surface area contributed by atoms with Crippen molar-refractivity contribution in [2.24, 2.45) is 0 Å². The third-order valence-corrected chi connectivity index (χ3v) is 3.95. The van der Waals surface area contributed by atoms with Crippen LogP contribution in [0.3, 0.4) is 0 Å². The Kier molecular flexibility index (Phi) is 4.39. The van der Waals surface area contributed by atoms with E-state index in [0.29, 0.717) is 5.56 Å². The fourth-order valence-electron chi connectivity index (χ4n) is 2.52. The molecule has 0 fully saturated rings. The van der Waals surface area contributed by atoms with Gasteiger partial charge in [0.2, 0.25) is 0 Å². The molecule has 0 spiro atoms. The van der Waals surface area contributed by atoms with Crippen LogP contribution < -0.4 is 5.32 Å². The van der Waals surface area contributed by atoms with Crippen molar-refractivity contribution in [1.82, 2.24) is 14.7 Å². The molecule has 3 rings (SSSR count). The van der Waals surface area contributed by atoms with E-state index in [-0.39, 0.29) is 12.5 Å². The number of pyridine rings is 1. The molecule has 0 aliphatic carbocycles. The number of nitrogens with zero attached hydrogens (tertiary/aromatic N) is 2. The summed E-state index contributed by atoms with van der Waals surface area (Å²) in [5.41, 5.74) is 3.51. The largest absolute Gasteiger partial charge is 0.394 e. The van der Waals surface area contributed by atoms with Crippen LogP contribution in [0.1, 0.15) is 34.5 Å². The number of rotatable bonds is 5. The quantitative estimate of drug-likeness (QED) is 0.760. The lowest BCUT2D eigenvalue weighted by Gasteiger charge is -2.17. The Bertz CT molecular complexity index is 809. The molecule has 3 aromatic rings. The molecule has 1 aromatic carbocycles. The fourth-order valence-corrected chi connectivity index (χ4v) is 2.52. The number of fused-ring (bicyclic) bond motifs is 1. The summed E-state index contributed by atoms with van der Waals surface area (Å²) in [5, 5.41) is 12.5. The van der Waals surface area contributed by atoms with E-state index < -0.39 is 6.04 Å². The monoisotopic (exact) mass is 309 g/mol. The number of carbonyl (C=O) groups excluding carboxylic acids is 1. The second-order valence-electron chi connectivity index (χ2n) is 5.44. The lowest BCUT2D eigenvalue weighted by atomic mass is 10.0. The zero-order valence-corrected chi connectivity index (χ0v) is 12.9. The number of aliphatic hydroxyl groups excluding tert-OH is 1. The summed E-state index contributed by atoms with van der Waals surface area (Å²) >= 11 is 0. The molecule has 0 saturated heterocycles. The van der Waals surface area contributed by atoms with Crippen LogP contribution in [0.4, 0.5) is 0 Å². The normalized spacial score (nSPS) is 12.3. The minimum Gasteiger partial charge on any atom is -0.394 e. The predicted octanol–water partition coefficient (Wildman–Crippen LogP) is 2.36. The molecular formula is C18H19N3O2. The second-order valence-corrected chi connectivity index (χ2v) is 5.44. The maximum absolute atomic E-state index is 12.4. The Labute approximate surface area is 134 Å². The molecule has 1 atom stereocenters. The van der Waals surface area contributed by atoms with E-state index in [2.05, 4.69) is 17.2 Å². The predicted molar refractivity (Wildman–Crippen MR) is 88.3 cm³/mol. The Balaban J connectivity index is 1.78. The first-order chi connectivity index (χ1) is 11.2. The van der Waals surface area contributed by atoms with Crippen molar-refractivity contribution in [2.45, 2.75) is 19.4 Å². The smallest absolute Gasteiger partial charge is 0.251 e. The number of hydrogen-bond donors (Lipinski definition) is 2. The van der Waals surface area contributed by atoms with Crippen molar-refractivity contribution in [3.63, 3.8) is 0 Å². The standard InChI is InChI=1S/C18H19N3O2/c1-2-13-3-5-14(6-4-13)17(11-22)20-18(23)15-7-8-21-12-19-10-16(21)9-15/h3-10,12,17,22H,2,11H2,1H3,(H,20,23). The maximum Gasteiger partial charge on any atom is 0.251 e. The molecule has 0 saturated carbocycles. The van der Waals surface area contributed by atoms with Crippen molar-refractivity contribution in [2.75, 3.05) is 6.61 Å². The van der Waals surface area contributed by atoms with Crippen LogP contribution >= 0.6 is 0 Å². The number of aliphatic hydroxyl groups is 1. The molecule has 0 aliphatic rings. The van der Waals surface area contributed by atoms with E-state index >= 15 is 0 Å². The summed E-state index contributed by atoms with van der Waals surface area (Å²) in [6.07, 6.45) is 6.13. The van der Waals surface area contributed by atoms with Gasteiger partial charge in [0.05, 0.1) is 30.7 Å². The number of aromatic nitrogens is 2. The summed E-state index contributed by atoms with van der Waals surface area (Å²) in [6, 6.07) is 11.0. The molecule has 5 nitrogen and oxygen atoms in total. The van der Waals surface area contributed by atoms with Crippen LogP contribution in [0.15, 0.2) is 55.1 Å². The molecule has 0 aliphatic heterocycles. The fraction of sp³-hybridized carbons (Fsp3) is 0.222. The zero-order valence-electron chi connectivity index (χ0n) is 12.9. The Morgan fingerprint density at radius 2 is 2.09 bits per heavy atom. The summed E-state index contributed by atoms with van der Waals surface area (Å²) in [6.45, 7) is 1.94. The molecule has 2 heterocycles. The summed E-state index contributed by atoms with van der Waals surface area (Å²) in [7, 11) is 0. The van der Waals surface area contributed by atoms with E-state index in [1.807, 2.05) is 28.7 Å². The zero-order chi connectivity index (χ0) is 16.2. The molecule has 118 valence electrons. The van der Waals surface area contributed by atoms with Gasteiger partial charge in [0.25, 0.3) is 5.91 Å². The van der Waals surface area contributed by atoms with Crippen molar-refractivity contribution in [3.8, 4) is 0 Å². The van der Waals surface area contributed by atoms with Crippen LogP contribution in [0.25, 0.3) is 5.52 Å². The van der Waals surface area contributed by atoms with Gasteiger partial charge in [-0.05, 0) is 29.7 Å². The molecule has 2 aromatic heterocycles. The lowest BCUT2D eigenvalue weighted by molar-refractivity contribution is 0.0916. The van der Waals surface area contributed by atoms with Gasteiger partial charge in [0.15, 0.2) is 0 Å². The maximum atomic E-state index is 12.4. The van der Waals surface area contributed by atoms with E-state index in [0.717, 1.165) is 17.5 Å². The molecule has 2 N–H and O–H groups in total. The highest BCUT2D eigenvalue weighted by molar-refractivity contribution is 5.95. The number of carbonyl (C=O) groups is 1. The summed E-state index contributed by atoms with van der Waals surface area (Å²) in [5.74, 6) is -0.215. The first-order valence-corrected chi connectivity index (χ1v) is 7.63. The number of aryl methyl sites for hydroxylation is 1. The van der Waals surface area contributed by atoms with Crippen LogP contribution in [0, 0.1) is 0 Å². The van der Waals surface area contributed by atoms with Gasteiger partial charge < -0.3 is 14.8 Å². The molecule has 0 radical (unpaired) electrons. The molecule has 23 heavy (non-hydrogen) atoms. The Morgan fingerprint density at radius 1 is 1.30 bits per heavy atom. The van der Waals surface area contributed by atoms with Gasteiger partial charge in [-0.2, -0.15) is 0 Å². The Morgan fingerprint density at radius 3 is 2.78 bits per heavy atom. The average Bonchev–Trinajstić information content (AvgIpc) is 3.07. The van der Waals surface area contributed by atoms with Crippen LogP contribution in [0.2, 0.25) is 0 Å². The van der Waals surface area contributed by atoms with Crippen molar-refractivity contribution in [3.05, 3.63) is 71.8 Å². The van der Waals surface area contributed by atoms with Gasteiger partial charge >= 0.3 is 0 Å². The topological polar surface area (TPSA) is 66.6 Å². The van der Waals surface area contributed by atoms with Crippen molar-refractivity contribution >= 4 is 11.4 Å². The van der Waals surface area contributed by atoms with E-state index in [1.165, 1.54) is 5.56 Å². The average molecular weight is 309 g/mol. The van der Waals surface area contributed by atoms with Gasteiger partial charge in [0, 0.05) is 11.8 Å². The summed E-state index contributed by atoms with van der Waals surface area (Å²) < 4.78 is 1.84. The number of nitrogens with one attached hydrogen (secondary N) is 1.